The molecule has 3 aliphatic carbocycles. The van der Waals surface area contributed by atoms with Crippen molar-refractivity contribution in [1.29, 1.82) is 5.41 Å². The fourth-order valence-electron chi connectivity index (χ4n) is 6.23. The van der Waals surface area contributed by atoms with Crippen molar-refractivity contribution in [2.45, 2.75) is 63.1 Å². The smallest absolute Gasteiger partial charge is 0.399 e. The van der Waals surface area contributed by atoms with Crippen LogP contribution in [-0.4, -0.2) is 34.2 Å². The Bertz CT molecular complexity index is 1520. The van der Waals surface area contributed by atoms with E-state index in [0.717, 1.165) is 49.7 Å². The number of hydrogen-bond acceptors (Lipinski definition) is 4. The first-order valence-electron chi connectivity index (χ1n) is 13.8. The van der Waals surface area contributed by atoms with E-state index in [4.69, 9.17) is 14.7 Å². The van der Waals surface area contributed by atoms with Gasteiger partial charge in [0.25, 0.3) is 0 Å². The third-order valence-electron chi connectivity index (χ3n) is 9.23. The summed E-state index contributed by atoms with van der Waals surface area (Å²) in [7, 11) is -0.650. The molecular formula is C30H30BBrF2N4O2. The van der Waals surface area contributed by atoms with Gasteiger partial charge in [0.2, 0.25) is 0 Å². The van der Waals surface area contributed by atoms with Crippen LogP contribution in [0.3, 0.4) is 0 Å². The molecule has 3 aromatic rings. The fourth-order valence-corrected chi connectivity index (χ4v) is 6.56. The molecule has 1 aliphatic heterocycles. The van der Waals surface area contributed by atoms with Crippen LogP contribution in [0.25, 0.3) is 5.69 Å². The van der Waals surface area contributed by atoms with E-state index in [-0.39, 0.29) is 11.7 Å². The van der Waals surface area contributed by atoms with Gasteiger partial charge in [-0.15, -0.1) is 0 Å². The van der Waals surface area contributed by atoms with Crippen molar-refractivity contribution in [2.24, 2.45) is 11.8 Å². The quantitative estimate of drug-likeness (QED) is 0.172. The predicted octanol–water partition coefficient (Wildman–Crippen LogP) is 6.48. The molecule has 1 aromatic heterocycles. The molecule has 1 N–H and O–H groups in total. The van der Waals surface area contributed by atoms with Gasteiger partial charge in [-0.1, -0.05) is 22.0 Å². The van der Waals surface area contributed by atoms with E-state index in [0.29, 0.717) is 33.1 Å². The Labute approximate surface area is 241 Å². The van der Waals surface area contributed by atoms with E-state index in [9.17, 15) is 4.39 Å². The molecule has 0 radical (unpaired) electrons. The molecule has 40 heavy (non-hydrogen) atoms. The van der Waals surface area contributed by atoms with Crippen LogP contribution in [0.2, 0.25) is 0 Å². The van der Waals surface area contributed by atoms with Crippen LogP contribution in [-0.2, 0) is 9.31 Å². The molecule has 0 amide bonds. The van der Waals surface area contributed by atoms with Crippen LogP contribution in [0.15, 0.2) is 65.2 Å². The topological polar surface area (TPSA) is 63.4 Å². The van der Waals surface area contributed by atoms with Crippen LogP contribution in [0, 0.1) is 28.9 Å². The van der Waals surface area contributed by atoms with E-state index in [1.54, 1.807) is 34.0 Å². The second kappa shape index (κ2) is 9.36. The predicted molar refractivity (Wildman–Crippen MR) is 154 cm³/mol. The first kappa shape index (κ1) is 26.1. The summed E-state index contributed by atoms with van der Waals surface area (Å²) in [5, 5.41) is 7.93. The van der Waals surface area contributed by atoms with Crippen LogP contribution < -0.4 is 10.4 Å². The Hall–Kier alpha value is -2.82. The lowest BCUT2D eigenvalue weighted by atomic mass is 9.78. The van der Waals surface area contributed by atoms with E-state index < -0.39 is 24.1 Å². The number of benzene rings is 2. The first-order chi connectivity index (χ1) is 19.2. The summed E-state index contributed by atoms with van der Waals surface area (Å²) in [4.78, 5) is 5.98. The molecular weight excluding hydrogens is 577 g/mol. The van der Waals surface area contributed by atoms with E-state index >= 15 is 4.39 Å². The number of hydrogen-bond donors (Lipinski definition) is 1. The molecule has 0 spiro atoms. The summed E-state index contributed by atoms with van der Waals surface area (Å²) in [5.74, 6) is 0.283. The van der Waals surface area contributed by atoms with Crippen LogP contribution in [0.4, 0.5) is 14.5 Å². The van der Waals surface area contributed by atoms with Gasteiger partial charge in [-0.25, -0.2) is 13.8 Å². The molecule has 206 valence electrons. The molecule has 4 fully saturated rings. The van der Waals surface area contributed by atoms with Gasteiger partial charge in [0.1, 0.15) is 11.6 Å². The number of aromatic nitrogens is 2. The molecule has 0 bridgehead atoms. The van der Waals surface area contributed by atoms with Gasteiger partial charge < -0.3 is 18.8 Å². The maximum Gasteiger partial charge on any atom is 0.494 e. The number of fused-ring (bicyclic) bond motifs is 1. The average Bonchev–Trinajstić information content (AvgIpc) is 3.88. The van der Waals surface area contributed by atoms with Crippen molar-refractivity contribution in [3.63, 3.8) is 0 Å². The number of rotatable bonds is 9. The highest BCUT2D eigenvalue weighted by atomic mass is 79.9. The maximum absolute atomic E-state index is 15.2. The number of allylic oxidation sites excluding steroid dienone is 1. The Morgan fingerprint density at radius 1 is 1.12 bits per heavy atom. The van der Waals surface area contributed by atoms with Crippen LogP contribution in [0.1, 0.15) is 57.6 Å². The third-order valence-corrected chi connectivity index (χ3v) is 9.72. The monoisotopic (exact) mass is 606 g/mol. The second-order valence-corrected chi connectivity index (χ2v) is 12.8. The van der Waals surface area contributed by atoms with Crippen molar-refractivity contribution in [2.75, 3.05) is 4.90 Å². The highest BCUT2D eigenvalue weighted by Crippen LogP contribution is 2.66. The second-order valence-electron chi connectivity index (χ2n) is 11.8. The molecule has 10 heteroatoms. The number of nitrogens with zero attached hydrogens (tertiary/aromatic N) is 3. The lowest BCUT2D eigenvalue weighted by molar-refractivity contribution is 0.187. The Morgan fingerprint density at radius 2 is 1.88 bits per heavy atom. The van der Waals surface area contributed by atoms with Gasteiger partial charge in [-0.3, -0.25) is 5.41 Å². The minimum atomic E-state index is -0.650. The molecule has 2 heterocycles. The lowest BCUT2D eigenvalue weighted by Gasteiger charge is -2.21. The van der Waals surface area contributed by atoms with Crippen molar-refractivity contribution >= 4 is 40.5 Å². The normalized spacial score (nSPS) is 27.6. The lowest BCUT2D eigenvalue weighted by Crippen LogP contribution is -2.38. The van der Waals surface area contributed by atoms with Gasteiger partial charge in [0.15, 0.2) is 0 Å². The molecule has 1 saturated heterocycles. The Kier molecular flexibility index (Phi) is 6.11. The molecule has 3 saturated carbocycles. The number of halogens is 3. The minimum Gasteiger partial charge on any atom is -0.399 e. The summed E-state index contributed by atoms with van der Waals surface area (Å²) in [6.45, 7) is 4.11. The van der Waals surface area contributed by atoms with Crippen LogP contribution in [0.5, 0.6) is 0 Å². The van der Waals surface area contributed by atoms with Crippen molar-refractivity contribution < 1.29 is 18.1 Å². The zero-order valence-corrected chi connectivity index (χ0v) is 24.0. The van der Waals surface area contributed by atoms with Gasteiger partial charge >= 0.3 is 7.12 Å². The zero-order valence-electron chi connectivity index (χ0n) is 22.4. The number of nitrogens with one attached hydrogen (secondary N) is 1. The number of imidazole rings is 1. The summed E-state index contributed by atoms with van der Waals surface area (Å²) >= 11 is 3.30. The first-order valence-corrected chi connectivity index (χ1v) is 14.6. The van der Waals surface area contributed by atoms with E-state index in [1.165, 1.54) is 12.1 Å². The fraction of sp³-hybridized carbons (Fsp3) is 0.400. The molecule has 2 unspecified atom stereocenters. The molecule has 2 aromatic carbocycles. The average molecular weight is 607 g/mol. The highest BCUT2D eigenvalue weighted by Gasteiger charge is 2.79. The SMILES string of the molecule is CC12OB(c3ccc(-n4cnc(C5CC5)c4)c(F)c3)OC1(C)C2C/C(=C\N(C=N)c1ccc(Br)cc1F)C1CC1. The maximum atomic E-state index is 15.2. The van der Waals surface area contributed by atoms with Gasteiger partial charge in [-0.2, -0.15) is 0 Å². The van der Waals surface area contributed by atoms with E-state index in [2.05, 4.69) is 34.8 Å². The molecule has 2 atom stereocenters. The van der Waals surface area contributed by atoms with Gasteiger partial charge in [0.05, 0.1) is 40.9 Å². The Balaban J connectivity index is 1.07. The summed E-state index contributed by atoms with van der Waals surface area (Å²) in [6.07, 6.45) is 11.8. The zero-order chi connectivity index (χ0) is 27.8. The summed E-state index contributed by atoms with van der Waals surface area (Å²) in [6, 6.07) is 9.94. The summed E-state index contributed by atoms with van der Waals surface area (Å²) < 4.78 is 45.1. The standard InChI is InChI=1S/C30H30BBrF2N4O2/c1-29-28(11-20(18-3-4-18)14-37(16-35)26-10-8-22(32)13-24(26)34)30(29,2)40-31(39-29)21-7-9-27(23(33)12-21)38-15-25(36-17-38)19-5-6-19/h7-10,12-19,28,35H,3-6,11H2,1-2H3/b20-14+,35-16?. The molecule has 4 aliphatic rings. The van der Waals surface area contributed by atoms with Crippen LogP contribution >= 0.6 is 15.9 Å². The molecule has 6 nitrogen and oxygen atoms in total. The van der Waals surface area contributed by atoms with Crippen molar-refractivity contribution in [1.82, 2.24) is 9.55 Å². The van der Waals surface area contributed by atoms with Gasteiger partial charge in [0, 0.05) is 28.7 Å². The van der Waals surface area contributed by atoms with Crippen molar-refractivity contribution in [3.8, 4) is 5.69 Å². The number of anilines is 1. The largest absolute Gasteiger partial charge is 0.494 e. The molecule has 7 rings (SSSR count). The highest BCUT2D eigenvalue weighted by molar-refractivity contribution is 9.10. The summed E-state index contributed by atoms with van der Waals surface area (Å²) in [5.41, 5.74) is 2.57. The third kappa shape index (κ3) is 4.35. The van der Waals surface area contributed by atoms with E-state index in [1.807, 2.05) is 18.5 Å². The minimum absolute atomic E-state index is 0.0985. The Morgan fingerprint density at radius 3 is 2.50 bits per heavy atom. The van der Waals surface area contributed by atoms with Gasteiger partial charge in [-0.05, 0) is 93.2 Å². The van der Waals surface area contributed by atoms with Crippen molar-refractivity contribution in [3.05, 3.63) is 82.5 Å².